The Bertz CT molecular complexity index is 1290. The highest BCUT2D eigenvalue weighted by molar-refractivity contribution is 6.33. The number of amides is 1. The van der Waals surface area contributed by atoms with E-state index in [1.54, 1.807) is 11.8 Å². The molecule has 170 valence electrons. The lowest BCUT2D eigenvalue weighted by atomic mass is 9.89. The molecule has 0 bridgehead atoms. The lowest BCUT2D eigenvalue weighted by Gasteiger charge is -2.32. The van der Waals surface area contributed by atoms with Crippen LogP contribution in [0, 0.1) is 6.92 Å². The molecule has 4 aromatic rings. The van der Waals surface area contributed by atoms with Gasteiger partial charge in [-0.3, -0.25) is 4.79 Å². The van der Waals surface area contributed by atoms with E-state index in [9.17, 15) is 4.79 Å². The van der Waals surface area contributed by atoms with Crippen LogP contribution in [0.15, 0.2) is 54.7 Å². The Morgan fingerprint density at radius 2 is 1.94 bits per heavy atom. The Morgan fingerprint density at radius 3 is 2.67 bits per heavy atom. The minimum absolute atomic E-state index is 0.0316. The second-order valence-corrected chi connectivity index (χ2v) is 8.97. The monoisotopic (exact) mass is 462 g/mol. The number of aromatic nitrogens is 3. The summed E-state index contributed by atoms with van der Waals surface area (Å²) in [6.07, 6.45) is 3.91. The predicted molar refractivity (Wildman–Crippen MR) is 130 cm³/mol. The third-order valence-corrected chi connectivity index (χ3v) is 6.98. The van der Waals surface area contributed by atoms with Crippen LogP contribution in [-0.4, -0.2) is 45.8 Å². The molecule has 0 atom stereocenters. The second kappa shape index (κ2) is 8.94. The molecule has 3 heterocycles. The average molecular weight is 463 g/mol. The standard InChI is InChI=1S/C26H27ClN4O2/c1-17-24(25(27)31(29-17)16-18-6-4-3-5-7-18)26(32)30-12-10-19(11-13-30)22-15-28-23-9-8-20(33-2)14-21(22)23/h3-9,14-15,19,28H,10-13,16H2,1-2H3. The van der Waals surface area contributed by atoms with E-state index in [-0.39, 0.29) is 5.91 Å². The molecule has 1 N–H and O–H groups in total. The summed E-state index contributed by atoms with van der Waals surface area (Å²) >= 11 is 6.63. The lowest BCUT2D eigenvalue weighted by molar-refractivity contribution is 0.0712. The molecule has 0 saturated carbocycles. The molecule has 7 heteroatoms. The fourth-order valence-electron chi connectivity index (χ4n) is 4.80. The number of aromatic amines is 1. The lowest BCUT2D eigenvalue weighted by Crippen LogP contribution is -2.38. The highest BCUT2D eigenvalue weighted by Crippen LogP contribution is 2.35. The van der Waals surface area contributed by atoms with Crippen molar-refractivity contribution in [3.63, 3.8) is 0 Å². The zero-order chi connectivity index (χ0) is 22.9. The number of aryl methyl sites for hydroxylation is 1. The number of nitrogens with one attached hydrogen (secondary N) is 1. The summed E-state index contributed by atoms with van der Waals surface area (Å²) < 4.78 is 7.12. The van der Waals surface area contributed by atoms with Gasteiger partial charge in [0.25, 0.3) is 5.91 Å². The van der Waals surface area contributed by atoms with Gasteiger partial charge in [-0.15, -0.1) is 0 Å². The maximum atomic E-state index is 13.4. The minimum atomic E-state index is -0.0316. The summed E-state index contributed by atoms with van der Waals surface area (Å²) in [5.74, 6) is 1.22. The normalized spacial score (nSPS) is 14.7. The van der Waals surface area contributed by atoms with Gasteiger partial charge in [0.15, 0.2) is 0 Å². The van der Waals surface area contributed by atoms with Gasteiger partial charge in [-0.2, -0.15) is 5.10 Å². The quantitative estimate of drug-likeness (QED) is 0.431. The molecule has 2 aromatic heterocycles. The van der Waals surface area contributed by atoms with Crippen LogP contribution in [0.3, 0.4) is 0 Å². The number of H-pyrrole nitrogens is 1. The molecule has 1 fully saturated rings. The number of hydrogen-bond acceptors (Lipinski definition) is 3. The average Bonchev–Trinajstić information content (AvgIpc) is 3.39. The van der Waals surface area contributed by atoms with Crippen molar-refractivity contribution in [2.45, 2.75) is 32.2 Å². The summed E-state index contributed by atoms with van der Waals surface area (Å²) in [5, 5.41) is 6.15. The first kappa shape index (κ1) is 21.6. The minimum Gasteiger partial charge on any atom is -0.497 e. The molecule has 1 saturated heterocycles. The number of carbonyl (C=O) groups is 1. The predicted octanol–water partition coefficient (Wildman–Crippen LogP) is 5.40. The van der Waals surface area contributed by atoms with Crippen LogP contribution in [0.4, 0.5) is 0 Å². The smallest absolute Gasteiger partial charge is 0.258 e. The molecule has 2 aromatic carbocycles. The zero-order valence-corrected chi connectivity index (χ0v) is 19.6. The molecule has 1 amide bonds. The highest BCUT2D eigenvalue weighted by Gasteiger charge is 2.30. The first-order valence-electron chi connectivity index (χ1n) is 11.3. The topological polar surface area (TPSA) is 63.1 Å². The molecular formula is C26H27ClN4O2. The summed E-state index contributed by atoms with van der Waals surface area (Å²) in [4.78, 5) is 18.6. The number of halogens is 1. The van der Waals surface area contributed by atoms with E-state index in [1.165, 1.54) is 10.9 Å². The fraction of sp³-hybridized carbons (Fsp3) is 0.308. The van der Waals surface area contributed by atoms with Crippen LogP contribution in [0.2, 0.25) is 5.15 Å². The molecule has 33 heavy (non-hydrogen) atoms. The molecule has 1 aliphatic heterocycles. The number of nitrogens with zero attached hydrogens (tertiary/aromatic N) is 3. The van der Waals surface area contributed by atoms with Gasteiger partial charge in [-0.1, -0.05) is 41.9 Å². The SMILES string of the molecule is COc1ccc2[nH]cc(C3CCN(C(=O)c4c(C)nn(Cc5ccccc5)c4Cl)CC3)c2c1. The molecule has 0 unspecified atom stereocenters. The van der Waals surface area contributed by atoms with Crippen molar-refractivity contribution < 1.29 is 9.53 Å². The van der Waals surface area contributed by atoms with Crippen molar-refractivity contribution in [2.24, 2.45) is 0 Å². The molecule has 0 spiro atoms. The van der Waals surface area contributed by atoms with E-state index in [2.05, 4.69) is 22.3 Å². The second-order valence-electron chi connectivity index (χ2n) is 8.62. The number of ether oxygens (including phenoxy) is 1. The van der Waals surface area contributed by atoms with Crippen LogP contribution < -0.4 is 4.74 Å². The molecule has 0 radical (unpaired) electrons. The van der Waals surface area contributed by atoms with E-state index >= 15 is 0 Å². The summed E-state index contributed by atoms with van der Waals surface area (Å²) in [6, 6.07) is 16.1. The van der Waals surface area contributed by atoms with Crippen LogP contribution in [0.5, 0.6) is 5.75 Å². The molecule has 5 rings (SSSR count). The Balaban J connectivity index is 1.30. The van der Waals surface area contributed by atoms with Gasteiger partial charge in [-0.25, -0.2) is 4.68 Å². The number of carbonyl (C=O) groups excluding carboxylic acids is 1. The van der Waals surface area contributed by atoms with Crippen LogP contribution >= 0.6 is 11.6 Å². The van der Waals surface area contributed by atoms with Crippen molar-refractivity contribution in [3.05, 3.63) is 82.3 Å². The van der Waals surface area contributed by atoms with Crippen LogP contribution in [0.25, 0.3) is 10.9 Å². The maximum Gasteiger partial charge on any atom is 0.258 e. The van der Waals surface area contributed by atoms with Crippen molar-refractivity contribution in [2.75, 3.05) is 20.2 Å². The first-order valence-corrected chi connectivity index (χ1v) is 11.6. The van der Waals surface area contributed by atoms with Gasteiger partial charge in [-0.05, 0) is 55.0 Å². The first-order chi connectivity index (χ1) is 16.0. The summed E-state index contributed by atoms with van der Waals surface area (Å²) in [6.45, 7) is 3.78. The van der Waals surface area contributed by atoms with Gasteiger partial charge in [0, 0.05) is 30.2 Å². The summed E-state index contributed by atoms with van der Waals surface area (Å²) in [7, 11) is 1.69. The fourth-order valence-corrected chi connectivity index (χ4v) is 5.11. The van der Waals surface area contributed by atoms with Gasteiger partial charge in [0.05, 0.1) is 24.9 Å². The van der Waals surface area contributed by atoms with Crippen molar-refractivity contribution in [3.8, 4) is 5.75 Å². The number of fused-ring (bicyclic) bond motifs is 1. The van der Waals surface area contributed by atoms with E-state index in [0.29, 0.717) is 42.0 Å². The maximum absolute atomic E-state index is 13.4. The Morgan fingerprint density at radius 1 is 1.18 bits per heavy atom. The Kier molecular flexibility index (Phi) is 5.85. The largest absolute Gasteiger partial charge is 0.497 e. The number of benzene rings is 2. The van der Waals surface area contributed by atoms with E-state index in [4.69, 9.17) is 16.3 Å². The number of methoxy groups -OCH3 is 1. The van der Waals surface area contributed by atoms with Gasteiger partial charge in [0.2, 0.25) is 0 Å². The van der Waals surface area contributed by atoms with Crippen molar-refractivity contribution in [1.29, 1.82) is 0 Å². The Hall–Kier alpha value is -3.25. The molecule has 1 aliphatic rings. The number of piperidine rings is 1. The molecular weight excluding hydrogens is 436 g/mol. The van der Waals surface area contributed by atoms with E-state index in [0.717, 1.165) is 29.7 Å². The third-order valence-electron chi connectivity index (χ3n) is 6.60. The third kappa shape index (κ3) is 4.11. The molecule has 6 nitrogen and oxygen atoms in total. The highest BCUT2D eigenvalue weighted by atomic mass is 35.5. The van der Waals surface area contributed by atoms with E-state index in [1.807, 2.05) is 54.3 Å². The van der Waals surface area contributed by atoms with Crippen molar-refractivity contribution in [1.82, 2.24) is 19.7 Å². The molecule has 0 aliphatic carbocycles. The van der Waals surface area contributed by atoms with Crippen LogP contribution in [0.1, 0.15) is 45.9 Å². The van der Waals surface area contributed by atoms with Gasteiger partial charge >= 0.3 is 0 Å². The number of rotatable bonds is 5. The van der Waals surface area contributed by atoms with Gasteiger partial charge < -0.3 is 14.6 Å². The zero-order valence-electron chi connectivity index (χ0n) is 18.8. The van der Waals surface area contributed by atoms with Crippen molar-refractivity contribution >= 4 is 28.4 Å². The number of hydrogen-bond donors (Lipinski definition) is 1. The van der Waals surface area contributed by atoms with E-state index < -0.39 is 0 Å². The van der Waals surface area contributed by atoms with Crippen LogP contribution in [-0.2, 0) is 6.54 Å². The Labute approximate surface area is 198 Å². The van der Waals surface area contributed by atoms with Gasteiger partial charge in [0.1, 0.15) is 10.9 Å². The number of likely N-dealkylation sites (tertiary alicyclic amines) is 1. The summed E-state index contributed by atoms with van der Waals surface area (Å²) in [5.41, 5.74) is 4.69.